The molecular weight excluding hydrogens is 285 g/mol. The molecule has 1 N–H and O–H groups in total. The zero-order chi connectivity index (χ0) is 15.9. The monoisotopic (exact) mass is 302 g/mol. The van der Waals surface area contributed by atoms with Gasteiger partial charge in [-0.3, -0.25) is 0 Å². The van der Waals surface area contributed by atoms with Crippen molar-refractivity contribution in [3.63, 3.8) is 0 Å². The van der Waals surface area contributed by atoms with Crippen molar-refractivity contribution in [2.24, 2.45) is 0 Å². The van der Waals surface area contributed by atoms with Gasteiger partial charge in [-0.2, -0.15) is 0 Å². The van der Waals surface area contributed by atoms with Crippen molar-refractivity contribution in [3.05, 3.63) is 30.5 Å². The smallest absolute Gasteiger partial charge is 0.424 e. The molecule has 0 saturated carbocycles. The molecule has 0 aliphatic carbocycles. The first-order valence-electron chi connectivity index (χ1n) is 6.39. The standard InChI is InChI=1S/C11H9F3N2O2.C3H8/c1-15-10-16-6-9(17-10)7-2-4-8(5-3-7)18-11(12,13)14;1-3-2/h2-6H,1H3,(H,15,16);3H2,1-2H3. The van der Waals surface area contributed by atoms with Crippen molar-refractivity contribution in [3.8, 4) is 17.1 Å². The molecule has 0 aliphatic heterocycles. The summed E-state index contributed by atoms with van der Waals surface area (Å²) in [6.07, 6.45) is -1.96. The van der Waals surface area contributed by atoms with Gasteiger partial charge in [0.2, 0.25) is 0 Å². The van der Waals surface area contributed by atoms with Crippen molar-refractivity contribution in [1.82, 2.24) is 4.98 Å². The van der Waals surface area contributed by atoms with Gasteiger partial charge in [-0.15, -0.1) is 13.2 Å². The average Bonchev–Trinajstić information content (AvgIpc) is 2.87. The second-order valence-electron chi connectivity index (χ2n) is 4.06. The molecule has 21 heavy (non-hydrogen) atoms. The predicted molar refractivity (Wildman–Crippen MR) is 74.1 cm³/mol. The summed E-state index contributed by atoms with van der Waals surface area (Å²) in [5.74, 6) is 0.178. The van der Waals surface area contributed by atoms with Crippen LogP contribution in [-0.2, 0) is 0 Å². The number of ether oxygens (including phenoxy) is 1. The van der Waals surface area contributed by atoms with Crippen LogP contribution in [0.25, 0.3) is 11.3 Å². The maximum atomic E-state index is 12.0. The number of nitrogens with zero attached hydrogens (tertiary/aromatic N) is 1. The number of anilines is 1. The van der Waals surface area contributed by atoms with Crippen molar-refractivity contribution in [1.29, 1.82) is 0 Å². The van der Waals surface area contributed by atoms with Crippen LogP contribution in [0.2, 0.25) is 0 Å². The number of rotatable bonds is 3. The van der Waals surface area contributed by atoms with Gasteiger partial charge in [0.25, 0.3) is 6.01 Å². The van der Waals surface area contributed by atoms with Gasteiger partial charge in [-0.05, 0) is 24.3 Å². The molecule has 0 atom stereocenters. The first-order valence-corrected chi connectivity index (χ1v) is 6.39. The summed E-state index contributed by atoms with van der Waals surface area (Å²) in [6.45, 7) is 4.25. The summed E-state index contributed by atoms with van der Waals surface area (Å²) in [5, 5.41) is 2.71. The average molecular weight is 302 g/mol. The first kappa shape index (κ1) is 16.9. The minimum absolute atomic E-state index is 0.278. The molecule has 1 aromatic carbocycles. The van der Waals surface area contributed by atoms with E-state index in [0.717, 1.165) is 0 Å². The number of hydrogen-bond donors (Lipinski definition) is 1. The molecule has 0 spiro atoms. The molecule has 0 unspecified atom stereocenters. The van der Waals surface area contributed by atoms with Gasteiger partial charge in [0, 0.05) is 12.6 Å². The zero-order valence-electron chi connectivity index (χ0n) is 12.0. The summed E-state index contributed by atoms with van der Waals surface area (Å²) in [6, 6.07) is 5.68. The molecule has 2 rings (SSSR count). The third kappa shape index (κ3) is 5.76. The Bertz CT molecular complexity index is 536. The lowest BCUT2D eigenvalue weighted by molar-refractivity contribution is -0.274. The van der Waals surface area contributed by atoms with Crippen LogP contribution in [0.4, 0.5) is 19.2 Å². The van der Waals surface area contributed by atoms with Gasteiger partial charge in [0.1, 0.15) is 5.75 Å². The molecule has 0 bridgehead atoms. The van der Waals surface area contributed by atoms with E-state index in [2.05, 4.69) is 28.9 Å². The van der Waals surface area contributed by atoms with Gasteiger partial charge < -0.3 is 14.5 Å². The summed E-state index contributed by atoms with van der Waals surface area (Å²) >= 11 is 0. The molecule has 1 heterocycles. The maximum Gasteiger partial charge on any atom is 0.573 e. The van der Waals surface area contributed by atoms with Crippen molar-refractivity contribution >= 4 is 6.01 Å². The predicted octanol–water partition coefficient (Wildman–Crippen LogP) is 4.70. The first-order chi connectivity index (χ1) is 9.89. The van der Waals surface area contributed by atoms with Crippen LogP contribution in [0.3, 0.4) is 0 Å². The highest BCUT2D eigenvalue weighted by atomic mass is 19.4. The molecule has 7 heteroatoms. The molecule has 1 aromatic heterocycles. The fourth-order valence-electron chi connectivity index (χ4n) is 1.34. The minimum Gasteiger partial charge on any atom is -0.424 e. The Morgan fingerprint density at radius 3 is 2.19 bits per heavy atom. The highest BCUT2D eigenvalue weighted by molar-refractivity contribution is 5.58. The van der Waals surface area contributed by atoms with E-state index in [1.807, 2.05) is 0 Å². The summed E-state index contributed by atoms with van der Waals surface area (Å²) < 4.78 is 44.9. The van der Waals surface area contributed by atoms with E-state index in [0.29, 0.717) is 17.3 Å². The third-order valence-corrected chi connectivity index (χ3v) is 2.09. The number of oxazole rings is 1. The van der Waals surface area contributed by atoms with Crippen LogP contribution in [0.5, 0.6) is 5.75 Å². The van der Waals surface area contributed by atoms with Gasteiger partial charge >= 0.3 is 6.36 Å². The molecule has 116 valence electrons. The Labute approximate surface area is 120 Å². The Hall–Kier alpha value is -2.18. The Morgan fingerprint density at radius 1 is 1.19 bits per heavy atom. The summed E-state index contributed by atoms with van der Waals surface area (Å²) in [5.41, 5.74) is 0.610. The summed E-state index contributed by atoms with van der Waals surface area (Å²) in [4.78, 5) is 3.90. The maximum absolute atomic E-state index is 12.0. The number of hydrogen-bond acceptors (Lipinski definition) is 4. The van der Waals surface area contributed by atoms with Crippen LogP contribution in [-0.4, -0.2) is 18.4 Å². The van der Waals surface area contributed by atoms with E-state index in [4.69, 9.17) is 4.42 Å². The normalized spacial score (nSPS) is 10.6. The van der Waals surface area contributed by atoms with Crippen molar-refractivity contribution < 1.29 is 22.3 Å². The number of halogens is 3. The number of benzene rings is 1. The van der Waals surface area contributed by atoms with Gasteiger partial charge in [-0.1, -0.05) is 20.3 Å². The quantitative estimate of drug-likeness (QED) is 0.893. The molecule has 0 aliphatic rings. The van der Waals surface area contributed by atoms with E-state index in [1.165, 1.54) is 36.9 Å². The van der Waals surface area contributed by atoms with Crippen LogP contribution in [0.15, 0.2) is 34.9 Å². The third-order valence-electron chi connectivity index (χ3n) is 2.09. The highest BCUT2D eigenvalue weighted by Gasteiger charge is 2.30. The van der Waals surface area contributed by atoms with Gasteiger partial charge in [0.05, 0.1) is 6.20 Å². The van der Waals surface area contributed by atoms with E-state index in [1.54, 1.807) is 7.05 Å². The topological polar surface area (TPSA) is 47.3 Å². The van der Waals surface area contributed by atoms with E-state index in [9.17, 15) is 13.2 Å². The van der Waals surface area contributed by atoms with Crippen molar-refractivity contribution in [2.75, 3.05) is 12.4 Å². The second kappa shape index (κ2) is 7.56. The molecule has 0 amide bonds. The number of alkyl halides is 3. The van der Waals surface area contributed by atoms with E-state index in [-0.39, 0.29) is 5.75 Å². The van der Waals surface area contributed by atoms with Gasteiger partial charge in [-0.25, -0.2) is 4.98 Å². The SMILES string of the molecule is CCC.CNc1ncc(-c2ccc(OC(F)(F)F)cc2)o1. The minimum atomic E-state index is -4.69. The molecule has 2 aromatic rings. The van der Waals surface area contributed by atoms with Crippen LogP contribution in [0, 0.1) is 0 Å². The lowest BCUT2D eigenvalue weighted by atomic mass is 10.2. The van der Waals surface area contributed by atoms with E-state index >= 15 is 0 Å². The fraction of sp³-hybridized carbons (Fsp3) is 0.357. The van der Waals surface area contributed by atoms with E-state index < -0.39 is 6.36 Å². The number of aromatic nitrogens is 1. The molecular formula is C14H17F3N2O2. The molecule has 0 radical (unpaired) electrons. The zero-order valence-corrected chi connectivity index (χ0v) is 12.0. The molecule has 4 nitrogen and oxygen atoms in total. The largest absolute Gasteiger partial charge is 0.573 e. The van der Waals surface area contributed by atoms with Crippen LogP contribution >= 0.6 is 0 Å². The fourth-order valence-corrected chi connectivity index (χ4v) is 1.34. The molecule has 0 fully saturated rings. The highest BCUT2D eigenvalue weighted by Crippen LogP contribution is 2.27. The Kier molecular flexibility index (Phi) is 6.08. The van der Waals surface area contributed by atoms with Gasteiger partial charge in [0.15, 0.2) is 5.76 Å². The van der Waals surface area contributed by atoms with Crippen LogP contribution < -0.4 is 10.1 Å². The molecule has 0 saturated heterocycles. The lowest BCUT2D eigenvalue weighted by Gasteiger charge is -2.08. The Morgan fingerprint density at radius 2 is 1.76 bits per heavy atom. The lowest BCUT2D eigenvalue weighted by Crippen LogP contribution is -2.16. The second-order valence-corrected chi connectivity index (χ2v) is 4.06. The van der Waals surface area contributed by atoms with Crippen molar-refractivity contribution in [2.45, 2.75) is 26.6 Å². The summed E-state index contributed by atoms with van der Waals surface area (Å²) in [7, 11) is 1.65. The number of nitrogens with one attached hydrogen (secondary N) is 1. The Balaban J connectivity index is 0.000000677. The van der Waals surface area contributed by atoms with Crippen LogP contribution in [0.1, 0.15) is 20.3 Å².